The van der Waals surface area contributed by atoms with Gasteiger partial charge in [0, 0.05) is 32.1 Å². The van der Waals surface area contributed by atoms with E-state index in [1.54, 1.807) is 0 Å². The van der Waals surface area contributed by atoms with Gasteiger partial charge in [0.15, 0.2) is 0 Å². The summed E-state index contributed by atoms with van der Waals surface area (Å²) in [6.45, 7) is 9.94. The Hall–Kier alpha value is -3.59. The van der Waals surface area contributed by atoms with Crippen LogP contribution in [0.1, 0.15) is 426 Å². The molecule has 0 radical (unpaired) electrons. The van der Waals surface area contributed by atoms with E-state index >= 15 is 0 Å². The van der Waals surface area contributed by atoms with E-state index in [-0.39, 0.29) is 76.4 Å². The third-order valence-corrected chi connectivity index (χ3v) is 30.2. The Kier molecular flexibility index (Phi) is 81.4. The minimum Gasteiger partial charge on any atom is -0.390 e. The zero-order valence-electron chi connectivity index (χ0n) is 76.1. The molecule has 0 aliphatic carbocycles. The second kappa shape index (κ2) is 79.8. The first-order valence-electron chi connectivity index (χ1n) is 46.1. The zero-order valence-corrected chi connectivity index (χ0v) is 81.0. The Labute approximate surface area is 758 Å². The molecule has 12 unspecified atom stereocenters. The van der Waals surface area contributed by atoms with Gasteiger partial charge in [-0.15, -0.1) is 0 Å². The molecule has 38 nitrogen and oxygen atoms in total. The summed E-state index contributed by atoms with van der Waals surface area (Å²) in [5.74, 6) is -3.36. The van der Waals surface area contributed by atoms with E-state index in [0.717, 1.165) is 167 Å². The SMILES string of the molecule is CC(CCCCCCCCC(=O)OO)S(=O)(=O)O.CCCCCCCC(O)C(O)C(CCCCCCCC(=O)OO)S(=O)(=O)O.CCCCCCCC1OC1C(CCCCCCCC(=O)OO)S(=O)(=O)O.CCCCCCCCC(C(CCCCCCCC(=O)OO)S(=O)(=O)O)S(=O)(=O)O.CCCCCCCCC(C(O)C(O)CCCCCCC(=O)OO)S(=O)(=O)O. The highest BCUT2D eigenvalue weighted by Crippen LogP contribution is 2.36. The summed E-state index contributed by atoms with van der Waals surface area (Å²) in [4.78, 5) is 71.4. The number of epoxide rings is 1. The van der Waals surface area contributed by atoms with Crippen molar-refractivity contribution in [1.82, 2.24) is 0 Å². The fourth-order valence-electron chi connectivity index (χ4n) is 14.4. The molecular formula is C83H164O38S6. The Morgan fingerprint density at radius 1 is 0.260 bits per heavy atom. The van der Waals surface area contributed by atoms with Crippen molar-refractivity contribution >= 4 is 90.6 Å². The smallest absolute Gasteiger partial charge is 0.342 e. The summed E-state index contributed by atoms with van der Waals surface area (Å²) in [6.07, 6.45) is 36.1. The van der Waals surface area contributed by atoms with Crippen molar-refractivity contribution in [1.29, 1.82) is 0 Å². The van der Waals surface area contributed by atoms with Crippen LogP contribution in [-0.4, -0.2) is 223 Å². The zero-order chi connectivity index (χ0) is 97.2. The highest BCUT2D eigenvalue weighted by molar-refractivity contribution is 7.90. The molecule has 760 valence electrons. The monoisotopic (exact) mass is 1960 g/mol. The van der Waals surface area contributed by atoms with Gasteiger partial charge in [-0.05, 0) is 96.8 Å². The van der Waals surface area contributed by atoms with Crippen molar-refractivity contribution in [2.45, 2.75) is 494 Å². The predicted molar refractivity (Wildman–Crippen MR) is 478 cm³/mol. The molecule has 1 saturated heterocycles. The van der Waals surface area contributed by atoms with Gasteiger partial charge in [-0.3, -0.25) is 27.3 Å². The van der Waals surface area contributed by atoms with E-state index in [1.165, 1.54) is 26.2 Å². The summed E-state index contributed by atoms with van der Waals surface area (Å²) in [6, 6.07) is 0. The average Bonchev–Trinajstić information content (AvgIpc) is 1.57. The maximum atomic E-state index is 11.8. The average molecular weight is 1960 g/mol. The molecular weight excluding hydrogens is 1800 g/mol. The molecule has 1 fully saturated rings. The summed E-state index contributed by atoms with van der Waals surface area (Å²) >= 11 is 0. The highest BCUT2D eigenvalue weighted by atomic mass is 32.2. The fraction of sp³-hybridized carbons (Fsp3) is 0.940. The quantitative estimate of drug-likeness (QED) is 0.00671. The highest BCUT2D eigenvalue weighted by Gasteiger charge is 2.49. The van der Waals surface area contributed by atoms with Crippen molar-refractivity contribution in [3.63, 3.8) is 0 Å². The van der Waals surface area contributed by atoms with Gasteiger partial charge >= 0.3 is 29.8 Å². The number of carbonyl (C=O) groups excluding carboxylic acids is 5. The summed E-state index contributed by atoms with van der Waals surface area (Å²) in [7, 11) is -26.2. The minimum absolute atomic E-state index is 0.0152. The van der Waals surface area contributed by atoms with Crippen LogP contribution < -0.4 is 0 Å². The normalized spacial score (nSPS) is 15.9. The predicted octanol–water partition coefficient (Wildman–Crippen LogP) is 16.7. The van der Waals surface area contributed by atoms with Crippen molar-refractivity contribution in [3.05, 3.63) is 0 Å². The van der Waals surface area contributed by atoms with Crippen LogP contribution in [0.25, 0.3) is 0 Å². The molecule has 0 saturated carbocycles. The lowest BCUT2D eigenvalue weighted by Gasteiger charge is -2.24. The first kappa shape index (κ1) is 130. The van der Waals surface area contributed by atoms with Crippen molar-refractivity contribution < 1.29 is 178 Å². The fourth-order valence-corrected chi connectivity index (χ4v) is 20.8. The number of rotatable bonds is 78. The third-order valence-electron chi connectivity index (χ3n) is 22.2. The topological polar surface area (TPSA) is 652 Å². The first-order chi connectivity index (χ1) is 59.8. The van der Waals surface area contributed by atoms with E-state index < -0.39 is 146 Å². The standard InChI is InChI=1S/C18H36O9S2.2C18H36O8S.C18H34O7S.C11H22O6S/c1-2-3-4-5-7-10-13-16(28(21,22)23)17(29(24,25)26)14-11-8-6-9-12-15-18(19)27-20;1-2-3-4-6-9-12-15(19)18(21)16(27(23,24)25)13-10-7-5-8-11-14-17(20)26-22;1-2-3-4-5-6-10-13-16(27(23,24)25)18(21)15(19)12-9-7-8-11-14-17(20)26-22;1-2-3-4-6-9-12-15-18(24-15)16(26(21,22)23)13-10-7-5-8-11-14-17(19)25-20;1-10(18(14,15)16)8-6-4-2-3-5-7-9-11(12)17-13/h16-17,20H,2-15H2,1H3,(H,21,22,23)(H,24,25,26);2*15-16,18-19,21-22H,2-14H2,1H3,(H,23,24,25);15-16,18,20H,2-14H2,1H3,(H,21,22,23);10,13H,2-9H2,1H3,(H,14,15,16). The van der Waals surface area contributed by atoms with Gasteiger partial charge in [0.05, 0.1) is 35.8 Å². The molecule has 1 aliphatic heterocycles. The van der Waals surface area contributed by atoms with Crippen LogP contribution in [0.3, 0.4) is 0 Å². The number of aliphatic hydroxyl groups is 4. The summed E-state index contributed by atoms with van der Waals surface area (Å²) in [5.41, 5.74) is 0. The second-order valence-electron chi connectivity index (χ2n) is 33.2. The minimum atomic E-state index is -4.64. The van der Waals surface area contributed by atoms with Gasteiger partial charge in [0.1, 0.15) is 32.4 Å². The maximum Gasteiger partial charge on any atom is 0.342 e. The lowest BCUT2D eigenvalue weighted by Crippen LogP contribution is -2.42. The van der Waals surface area contributed by atoms with E-state index in [1.807, 2.05) is 0 Å². The lowest BCUT2D eigenvalue weighted by atomic mass is 9.99. The van der Waals surface area contributed by atoms with Crippen LogP contribution in [0.2, 0.25) is 0 Å². The Bertz CT molecular complexity index is 3450. The van der Waals surface area contributed by atoms with Crippen molar-refractivity contribution in [2.75, 3.05) is 0 Å². The van der Waals surface area contributed by atoms with Gasteiger partial charge in [-0.25, -0.2) is 24.0 Å². The molecule has 15 N–H and O–H groups in total. The summed E-state index contributed by atoms with van der Waals surface area (Å²) < 4.78 is 200. The van der Waals surface area contributed by atoms with Crippen molar-refractivity contribution in [2.24, 2.45) is 0 Å². The molecule has 0 aromatic heterocycles. The van der Waals surface area contributed by atoms with E-state index in [9.17, 15) is 118 Å². The number of hydrogen-bond acceptors (Lipinski definition) is 32. The van der Waals surface area contributed by atoms with Gasteiger partial charge in [0.25, 0.3) is 60.7 Å². The Balaban J connectivity index is -0.000000750. The molecule has 1 aliphatic rings. The molecule has 0 aromatic rings. The Morgan fingerprint density at radius 3 is 0.693 bits per heavy atom. The number of ether oxygens (including phenoxy) is 1. The van der Waals surface area contributed by atoms with Crippen LogP contribution in [0.5, 0.6) is 0 Å². The maximum absolute atomic E-state index is 11.8. The molecule has 1 rings (SSSR count). The van der Waals surface area contributed by atoms with Gasteiger partial charge in [-0.1, -0.05) is 297 Å². The molecule has 12 atom stereocenters. The van der Waals surface area contributed by atoms with Crippen molar-refractivity contribution in [3.8, 4) is 0 Å². The lowest BCUT2D eigenvalue weighted by molar-refractivity contribution is -0.234. The number of aliphatic hydroxyl groups excluding tert-OH is 4. The van der Waals surface area contributed by atoms with E-state index in [4.69, 9.17) is 35.6 Å². The van der Waals surface area contributed by atoms with Gasteiger partial charge in [0.2, 0.25) is 0 Å². The number of hydrogen-bond donors (Lipinski definition) is 15. The van der Waals surface area contributed by atoms with Crippen LogP contribution in [-0.2, 0) is 114 Å². The molecule has 0 bridgehead atoms. The van der Waals surface area contributed by atoms with E-state index in [2.05, 4.69) is 52.1 Å². The molecule has 1 heterocycles. The summed E-state index contributed by atoms with van der Waals surface area (Å²) in [5, 5.41) is 73.7. The van der Waals surface area contributed by atoms with Crippen LogP contribution in [0, 0.1) is 0 Å². The molecule has 127 heavy (non-hydrogen) atoms. The van der Waals surface area contributed by atoms with Crippen LogP contribution in [0.15, 0.2) is 0 Å². The third kappa shape index (κ3) is 76.4. The first-order valence-corrected chi connectivity index (χ1v) is 55.2. The number of carbonyl (C=O) groups is 5. The van der Waals surface area contributed by atoms with Crippen LogP contribution >= 0.6 is 0 Å². The second-order valence-corrected chi connectivity index (χ2v) is 43.2. The van der Waals surface area contributed by atoms with Gasteiger partial charge in [-0.2, -0.15) is 76.8 Å². The number of unbranched alkanes of at least 4 members (excludes halogenated alkanes) is 38. The molecule has 0 aromatic carbocycles. The Morgan fingerprint density at radius 2 is 0.465 bits per heavy atom. The molecule has 44 heteroatoms. The molecule has 0 spiro atoms. The largest absolute Gasteiger partial charge is 0.390 e. The van der Waals surface area contributed by atoms with Crippen LogP contribution in [0.4, 0.5) is 0 Å². The van der Waals surface area contributed by atoms with E-state index in [0.29, 0.717) is 141 Å². The van der Waals surface area contributed by atoms with Gasteiger partial charge < -0.3 is 49.6 Å². The molecule has 0 amide bonds.